The Morgan fingerprint density at radius 2 is 2.05 bits per heavy atom. The third kappa shape index (κ3) is 3.37. The first kappa shape index (κ1) is 14.5. The number of hydrogen-bond acceptors (Lipinski definition) is 4. The predicted molar refractivity (Wildman–Crippen MR) is 84.3 cm³/mol. The molecular formula is C14H20ClN3S. The molecule has 0 aromatic carbocycles. The summed E-state index contributed by atoms with van der Waals surface area (Å²) in [7, 11) is 0. The predicted octanol–water partition coefficient (Wildman–Crippen LogP) is 4.75. The van der Waals surface area contributed by atoms with Crippen molar-refractivity contribution in [2.45, 2.75) is 34.6 Å². The highest BCUT2D eigenvalue weighted by atomic mass is 35.5. The molecule has 0 aliphatic carbocycles. The number of nitrogens with one attached hydrogen (secondary N) is 1. The van der Waals surface area contributed by atoms with Gasteiger partial charge in [0.1, 0.15) is 10.6 Å². The number of halogens is 1. The molecule has 1 N–H and O–H groups in total. The van der Waals surface area contributed by atoms with Gasteiger partial charge in [0.15, 0.2) is 0 Å². The number of thiophene rings is 1. The van der Waals surface area contributed by atoms with E-state index in [4.69, 9.17) is 11.6 Å². The minimum atomic E-state index is 0.271. The number of rotatable bonds is 3. The zero-order chi connectivity index (χ0) is 14.2. The van der Waals surface area contributed by atoms with Crippen LogP contribution in [0.3, 0.4) is 0 Å². The fraction of sp³-hybridized carbons (Fsp3) is 0.571. The van der Waals surface area contributed by atoms with E-state index in [9.17, 15) is 0 Å². The highest BCUT2D eigenvalue weighted by Gasteiger charge is 2.20. The molecule has 0 fully saturated rings. The van der Waals surface area contributed by atoms with Crippen molar-refractivity contribution in [1.29, 1.82) is 0 Å². The molecular weight excluding hydrogens is 278 g/mol. The van der Waals surface area contributed by atoms with Crippen molar-refractivity contribution >= 4 is 39.0 Å². The van der Waals surface area contributed by atoms with Gasteiger partial charge < -0.3 is 5.32 Å². The minimum Gasteiger partial charge on any atom is -0.369 e. The van der Waals surface area contributed by atoms with E-state index in [1.165, 1.54) is 4.88 Å². The fourth-order valence-corrected chi connectivity index (χ4v) is 2.81. The van der Waals surface area contributed by atoms with E-state index in [1.807, 2.05) is 0 Å². The lowest BCUT2D eigenvalue weighted by atomic mass is 9.82. The molecule has 3 nitrogen and oxygen atoms in total. The van der Waals surface area contributed by atoms with Gasteiger partial charge in [0.25, 0.3) is 0 Å². The van der Waals surface area contributed by atoms with Gasteiger partial charge in [-0.1, -0.05) is 27.7 Å². The van der Waals surface area contributed by atoms with E-state index in [1.54, 1.807) is 11.3 Å². The van der Waals surface area contributed by atoms with Crippen LogP contribution in [-0.4, -0.2) is 16.5 Å². The molecule has 0 radical (unpaired) electrons. The Labute approximate surface area is 123 Å². The second-order valence-corrected chi connectivity index (χ2v) is 7.64. The summed E-state index contributed by atoms with van der Waals surface area (Å²) in [6.07, 6.45) is 0. The van der Waals surface area contributed by atoms with Crippen LogP contribution in [0.1, 0.15) is 32.6 Å². The highest BCUT2D eigenvalue weighted by molar-refractivity contribution is 7.18. The smallest absolute Gasteiger partial charge is 0.225 e. The molecule has 0 saturated heterocycles. The molecule has 2 aromatic heterocycles. The number of nitrogens with zero attached hydrogens (tertiary/aromatic N) is 2. The SMILES string of the molecule is Cc1cc2c(NCC(C)C(C)(C)C)nc(Cl)nc2s1. The van der Waals surface area contributed by atoms with Gasteiger partial charge in [0.2, 0.25) is 5.28 Å². The van der Waals surface area contributed by atoms with Crippen molar-refractivity contribution in [3.8, 4) is 0 Å². The summed E-state index contributed by atoms with van der Waals surface area (Å²) in [5, 5.41) is 4.79. The topological polar surface area (TPSA) is 37.8 Å². The van der Waals surface area contributed by atoms with E-state index in [0.29, 0.717) is 11.2 Å². The Morgan fingerprint density at radius 3 is 2.68 bits per heavy atom. The van der Waals surface area contributed by atoms with Crippen molar-refractivity contribution in [2.75, 3.05) is 11.9 Å². The average Bonchev–Trinajstić information content (AvgIpc) is 2.64. The highest BCUT2D eigenvalue weighted by Crippen LogP contribution is 2.31. The van der Waals surface area contributed by atoms with Gasteiger partial charge in [-0.3, -0.25) is 0 Å². The molecule has 0 amide bonds. The van der Waals surface area contributed by atoms with Gasteiger partial charge in [-0.25, -0.2) is 9.97 Å². The molecule has 19 heavy (non-hydrogen) atoms. The molecule has 0 saturated carbocycles. The van der Waals surface area contributed by atoms with Crippen molar-refractivity contribution in [1.82, 2.24) is 9.97 Å². The Kier molecular flexibility index (Phi) is 4.02. The Morgan fingerprint density at radius 1 is 1.37 bits per heavy atom. The third-order valence-corrected chi connectivity index (χ3v) is 4.66. The molecule has 2 aromatic rings. The molecule has 1 unspecified atom stereocenters. The first-order valence-electron chi connectivity index (χ1n) is 6.45. The lowest BCUT2D eigenvalue weighted by Crippen LogP contribution is -2.25. The minimum absolute atomic E-state index is 0.271. The summed E-state index contributed by atoms with van der Waals surface area (Å²) in [4.78, 5) is 10.8. The van der Waals surface area contributed by atoms with Crippen LogP contribution in [-0.2, 0) is 0 Å². The van der Waals surface area contributed by atoms with E-state index >= 15 is 0 Å². The molecule has 0 aliphatic rings. The largest absolute Gasteiger partial charge is 0.369 e. The van der Waals surface area contributed by atoms with Gasteiger partial charge >= 0.3 is 0 Å². The maximum absolute atomic E-state index is 5.98. The van der Waals surface area contributed by atoms with Crippen LogP contribution < -0.4 is 5.32 Å². The number of hydrogen-bond donors (Lipinski definition) is 1. The zero-order valence-corrected chi connectivity index (χ0v) is 13.6. The van der Waals surface area contributed by atoms with Crippen LogP contribution in [0.4, 0.5) is 5.82 Å². The summed E-state index contributed by atoms with van der Waals surface area (Å²) >= 11 is 7.63. The normalized spacial score (nSPS) is 13.8. The first-order valence-corrected chi connectivity index (χ1v) is 7.64. The Hall–Kier alpha value is -0.870. The number of anilines is 1. The summed E-state index contributed by atoms with van der Waals surface area (Å²) in [5.41, 5.74) is 0.271. The van der Waals surface area contributed by atoms with Crippen molar-refractivity contribution in [2.24, 2.45) is 11.3 Å². The molecule has 0 aliphatic heterocycles. The number of fused-ring (bicyclic) bond motifs is 1. The van der Waals surface area contributed by atoms with E-state index < -0.39 is 0 Å². The van der Waals surface area contributed by atoms with Crippen molar-refractivity contribution < 1.29 is 0 Å². The fourth-order valence-electron chi connectivity index (χ4n) is 1.71. The van der Waals surface area contributed by atoms with Gasteiger partial charge in [-0.2, -0.15) is 0 Å². The maximum atomic E-state index is 5.98. The second kappa shape index (κ2) is 5.25. The Balaban J connectivity index is 2.25. The summed E-state index contributed by atoms with van der Waals surface area (Å²) in [6.45, 7) is 11.9. The quantitative estimate of drug-likeness (QED) is 0.831. The third-order valence-electron chi connectivity index (χ3n) is 3.54. The van der Waals surface area contributed by atoms with Crippen LogP contribution in [0.25, 0.3) is 10.2 Å². The molecule has 0 spiro atoms. The summed E-state index contributed by atoms with van der Waals surface area (Å²) < 4.78 is 0. The van der Waals surface area contributed by atoms with Gasteiger partial charge in [0, 0.05) is 11.4 Å². The van der Waals surface area contributed by atoms with Crippen molar-refractivity contribution in [3.63, 3.8) is 0 Å². The standard InChI is InChI=1S/C14H20ClN3S/c1-8(14(3,4)5)7-16-11-10-6-9(2)19-12(10)18-13(15)17-11/h6,8H,7H2,1-5H3,(H,16,17,18). The van der Waals surface area contributed by atoms with Crippen molar-refractivity contribution in [3.05, 3.63) is 16.2 Å². The maximum Gasteiger partial charge on any atom is 0.225 e. The van der Waals surface area contributed by atoms with Crippen LogP contribution in [0.2, 0.25) is 5.28 Å². The molecule has 0 bridgehead atoms. The van der Waals surface area contributed by atoms with Crippen LogP contribution >= 0.6 is 22.9 Å². The lowest BCUT2D eigenvalue weighted by Gasteiger charge is -2.27. The number of aryl methyl sites for hydroxylation is 1. The van der Waals surface area contributed by atoms with E-state index in [-0.39, 0.29) is 5.41 Å². The first-order chi connectivity index (χ1) is 8.77. The zero-order valence-electron chi connectivity index (χ0n) is 12.0. The number of aromatic nitrogens is 2. The lowest BCUT2D eigenvalue weighted by molar-refractivity contribution is 0.274. The van der Waals surface area contributed by atoms with Gasteiger partial charge in [-0.05, 0) is 35.9 Å². The van der Waals surface area contributed by atoms with Crippen LogP contribution in [0.15, 0.2) is 6.07 Å². The molecule has 5 heteroatoms. The van der Waals surface area contributed by atoms with Crippen LogP contribution in [0.5, 0.6) is 0 Å². The monoisotopic (exact) mass is 297 g/mol. The second-order valence-electron chi connectivity index (χ2n) is 6.07. The average molecular weight is 298 g/mol. The molecule has 2 rings (SSSR count). The summed E-state index contributed by atoms with van der Waals surface area (Å²) in [5.74, 6) is 1.38. The summed E-state index contributed by atoms with van der Waals surface area (Å²) in [6, 6.07) is 2.11. The molecule has 104 valence electrons. The van der Waals surface area contributed by atoms with Gasteiger partial charge in [0.05, 0.1) is 5.39 Å². The van der Waals surface area contributed by atoms with E-state index in [0.717, 1.165) is 22.6 Å². The van der Waals surface area contributed by atoms with Gasteiger partial charge in [-0.15, -0.1) is 11.3 Å². The molecule has 1 atom stereocenters. The van der Waals surface area contributed by atoms with E-state index in [2.05, 4.69) is 56.0 Å². The Bertz CT molecular complexity index is 586. The van der Waals surface area contributed by atoms with Crippen LogP contribution in [0, 0.1) is 18.3 Å². The molecule has 2 heterocycles.